The molecule has 1 heterocycles. The molecule has 0 fully saturated rings. The van der Waals surface area contributed by atoms with E-state index in [1.807, 2.05) is 6.07 Å². The third-order valence-electron chi connectivity index (χ3n) is 4.44. The molecule has 1 aliphatic rings. The van der Waals surface area contributed by atoms with Crippen LogP contribution in [0.5, 0.6) is 0 Å². The van der Waals surface area contributed by atoms with Gasteiger partial charge in [-0.25, -0.2) is 0 Å². The summed E-state index contributed by atoms with van der Waals surface area (Å²) in [7, 11) is 0. The van der Waals surface area contributed by atoms with Crippen LogP contribution in [-0.2, 0) is 6.42 Å². The Balaban J connectivity index is 2.15. The molecule has 1 aromatic rings. The first-order chi connectivity index (χ1) is 10.8. The van der Waals surface area contributed by atoms with Gasteiger partial charge in [-0.3, -0.25) is 9.69 Å². The van der Waals surface area contributed by atoms with Crippen LogP contribution in [0.25, 0.3) is 0 Å². The number of carbonyl (C=O) groups excluding carboxylic acids is 1. The summed E-state index contributed by atoms with van der Waals surface area (Å²) >= 11 is 0. The summed E-state index contributed by atoms with van der Waals surface area (Å²) in [6.07, 6.45) is 1.01. The first-order valence-electron chi connectivity index (χ1n) is 8.95. The van der Waals surface area contributed by atoms with Crippen molar-refractivity contribution in [2.24, 2.45) is 11.8 Å². The summed E-state index contributed by atoms with van der Waals surface area (Å²) in [5, 5.41) is 3.45. The lowest BCUT2D eigenvalue weighted by Crippen LogP contribution is -2.43. The van der Waals surface area contributed by atoms with Crippen LogP contribution in [0.15, 0.2) is 18.2 Å². The van der Waals surface area contributed by atoms with E-state index in [9.17, 15) is 4.79 Å². The van der Waals surface area contributed by atoms with Gasteiger partial charge < -0.3 is 5.32 Å². The van der Waals surface area contributed by atoms with E-state index in [1.54, 1.807) is 0 Å². The molecule has 2 unspecified atom stereocenters. The highest BCUT2D eigenvalue weighted by Gasteiger charge is 2.25. The molecule has 0 amide bonds. The number of hydrogen-bond donors (Lipinski definition) is 1. The van der Waals surface area contributed by atoms with Crippen LogP contribution in [0.1, 0.15) is 57.5 Å². The number of anilines is 1. The van der Waals surface area contributed by atoms with Gasteiger partial charge in [-0.05, 0) is 55.9 Å². The molecule has 0 aliphatic carbocycles. The normalized spacial score (nSPS) is 18.4. The minimum Gasteiger partial charge on any atom is -0.382 e. The summed E-state index contributed by atoms with van der Waals surface area (Å²) in [5.74, 6) is 1.37. The SMILES string of the molecule is CC(C)CN(CC(C)C)C(C)C(=O)c1ccc2c(c1)CC(C)N2. The molecule has 0 radical (unpaired) electrons. The number of Topliss-reactive ketones (excluding diaryl/α,β-unsaturated/α-hetero) is 1. The summed E-state index contributed by atoms with van der Waals surface area (Å²) in [6.45, 7) is 15.0. The first-order valence-corrected chi connectivity index (χ1v) is 8.95. The highest BCUT2D eigenvalue weighted by molar-refractivity contribution is 6.00. The topological polar surface area (TPSA) is 32.3 Å². The van der Waals surface area contributed by atoms with Gasteiger partial charge in [0.1, 0.15) is 0 Å². The summed E-state index contributed by atoms with van der Waals surface area (Å²) < 4.78 is 0. The number of fused-ring (bicyclic) bond motifs is 1. The van der Waals surface area contributed by atoms with Crippen LogP contribution in [0, 0.1) is 11.8 Å². The zero-order valence-electron chi connectivity index (χ0n) is 15.5. The third-order valence-corrected chi connectivity index (χ3v) is 4.44. The average molecular weight is 316 g/mol. The van der Waals surface area contributed by atoms with Crippen molar-refractivity contribution >= 4 is 11.5 Å². The van der Waals surface area contributed by atoms with Crippen molar-refractivity contribution in [1.29, 1.82) is 0 Å². The summed E-state index contributed by atoms with van der Waals surface area (Å²) in [5.41, 5.74) is 3.31. The van der Waals surface area contributed by atoms with Gasteiger partial charge >= 0.3 is 0 Å². The van der Waals surface area contributed by atoms with E-state index >= 15 is 0 Å². The van der Waals surface area contributed by atoms with Crippen molar-refractivity contribution < 1.29 is 4.79 Å². The van der Waals surface area contributed by atoms with Gasteiger partial charge in [0.15, 0.2) is 5.78 Å². The van der Waals surface area contributed by atoms with E-state index in [1.165, 1.54) is 11.3 Å². The van der Waals surface area contributed by atoms with E-state index in [4.69, 9.17) is 0 Å². The molecule has 23 heavy (non-hydrogen) atoms. The molecule has 0 saturated heterocycles. The predicted molar refractivity (Wildman–Crippen MR) is 98.3 cm³/mol. The minimum absolute atomic E-state index is 0.0652. The van der Waals surface area contributed by atoms with E-state index in [0.29, 0.717) is 17.9 Å². The number of hydrogen-bond acceptors (Lipinski definition) is 3. The quantitative estimate of drug-likeness (QED) is 0.764. The number of nitrogens with one attached hydrogen (secondary N) is 1. The maximum atomic E-state index is 13.0. The van der Waals surface area contributed by atoms with Crippen molar-refractivity contribution in [2.75, 3.05) is 18.4 Å². The second-order valence-electron chi connectivity index (χ2n) is 7.90. The molecule has 0 bridgehead atoms. The molecule has 1 aromatic carbocycles. The van der Waals surface area contributed by atoms with Crippen LogP contribution in [0.4, 0.5) is 5.69 Å². The predicted octanol–water partition coefficient (Wildman–Crippen LogP) is 4.23. The van der Waals surface area contributed by atoms with Gasteiger partial charge in [-0.1, -0.05) is 27.7 Å². The van der Waals surface area contributed by atoms with Gasteiger partial charge in [0.05, 0.1) is 6.04 Å². The van der Waals surface area contributed by atoms with Crippen molar-refractivity contribution in [2.45, 2.75) is 60.0 Å². The van der Waals surface area contributed by atoms with E-state index in [0.717, 1.165) is 25.1 Å². The minimum atomic E-state index is -0.0652. The fourth-order valence-electron chi connectivity index (χ4n) is 3.44. The molecule has 0 saturated carbocycles. The maximum Gasteiger partial charge on any atom is 0.179 e. The standard InChI is InChI=1S/C20H32N2O/c1-13(2)11-22(12-14(3)4)16(6)20(23)17-7-8-19-18(10-17)9-15(5)21-19/h7-8,10,13-16,21H,9,11-12H2,1-6H3. The zero-order chi connectivity index (χ0) is 17.1. The monoisotopic (exact) mass is 316 g/mol. The Kier molecular flexibility index (Phi) is 5.85. The molecule has 1 aliphatic heterocycles. The van der Waals surface area contributed by atoms with Crippen LogP contribution < -0.4 is 5.32 Å². The van der Waals surface area contributed by atoms with Crippen LogP contribution in [0.3, 0.4) is 0 Å². The molecule has 128 valence electrons. The van der Waals surface area contributed by atoms with Crippen LogP contribution in [0.2, 0.25) is 0 Å². The number of carbonyl (C=O) groups is 1. The number of rotatable bonds is 7. The average Bonchev–Trinajstić information content (AvgIpc) is 2.83. The van der Waals surface area contributed by atoms with Gasteiger partial charge in [-0.15, -0.1) is 0 Å². The lowest BCUT2D eigenvalue weighted by Gasteiger charge is -2.31. The zero-order valence-corrected chi connectivity index (χ0v) is 15.5. The van der Waals surface area contributed by atoms with Crippen molar-refractivity contribution in [1.82, 2.24) is 4.90 Å². The fraction of sp³-hybridized carbons (Fsp3) is 0.650. The Hall–Kier alpha value is -1.35. The van der Waals surface area contributed by atoms with Gasteiger partial charge in [-0.2, -0.15) is 0 Å². The van der Waals surface area contributed by atoms with Crippen molar-refractivity contribution in [3.8, 4) is 0 Å². The molecule has 1 N–H and O–H groups in total. The van der Waals surface area contributed by atoms with E-state index in [-0.39, 0.29) is 11.8 Å². The summed E-state index contributed by atoms with van der Waals surface area (Å²) in [4.78, 5) is 15.3. The molecule has 0 aromatic heterocycles. The molecule has 3 nitrogen and oxygen atoms in total. The molecule has 2 rings (SSSR count). The highest BCUT2D eigenvalue weighted by atomic mass is 16.1. The molecule has 0 spiro atoms. The van der Waals surface area contributed by atoms with Crippen molar-refractivity contribution in [3.63, 3.8) is 0 Å². The second kappa shape index (κ2) is 7.48. The van der Waals surface area contributed by atoms with E-state index < -0.39 is 0 Å². The Bertz CT molecular complexity index is 541. The Morgan fingerprint density at radius 2 is 1.78 bits per heavy atom. The number of benzene rings is 1. The third kappa shape index (κ3) is 4.57. The van der Waals surface area contributed by atoms with Gasteiger partial charge in [0, 0.05) is 30.4 Å². The lowest BCUT2D eigenvalue weighted by molar-refractivity contribution is 0.0801. The fourth-order valence-corrected chi connectivity index (χ4v) is 3.44. The Labute approximate surface area is 141 Å². The summed E-state index contributed by atoms with van der Waals surface area (Å²) in [6, 6.07) is 6.53. The van der Waals surface area contributed by atoms with Crippen molar-refractivity contribution in [3.05, 3.63) is 29.3 Å². The largest absolute Gasteiger partial charge is 0.382 e. The Morgan fingerprint density at radius 3 is 2.35 bits per heavy atom. The molecule has 3 heteroatoms. The van der Waals surface area contributed by atoms with Crippen LogP contribution in [-0.4, -0.2) is 35.9 Å². The van der Waals surface area contributed by atoms with Gasteiger partial charge in [0.2, 0.25) is 0 Å². The Morgan fingerprint density at radius 1 is 1.17 bits per heavy atom. The second-order valence-corrected chi connectivity index (χ2v) is 7.90. The molecular weight excluding hydrogens is 284 g/mol. The maximum absolute atomic E-state index is 13.0. The first kappa shape index (κ1) is 18.0. The highest BCUT2D eigenvalue weighted by Crippen LogP contribution is 2.27. The van der Waals surface area contributed by atoms with Crippen LogP contribution >= 0.6 is 0 Å². The smallest absolute Gasteiger partial charge is 0.179 e. The molecular formula is C20H32N2O. The lowest BCUT2D eigenvalue weighted by atomic mass is 9.98. The van der Waals surface area contributed by atoms with E-state index in [2.05, 4.69) is 63.9 Å². The number of nitrogens with zero attached hydrogens (tertiary/aromatic N) is 1. The molecule has 2 atom stereocenters. The van der Waals surface area contributed by atoms with Gasteiger partial charge in [0.25, 0.3) is 0 Å². The number of ketones is 1.